The molecule has 0 aliphatic carbocycles. The Labute approximate surface area is 141 Å². The summed E-state index contributed by atoms with van der Waals surface area (Å²) in [5, 5.41) is 6.42. The van der Waals surface area contributed by atoms with E-state index in [1.54, 1.807) is 0 Å². The summed E-state index contributed by atoms with van der Waals surface area (Å²) in [5.41, 5.74) is 5.22. The second-order valence-corrected chi connectivity index (χ2v) is 7.01. The molecule has 2 nitrogen and oxygen atoms in total. The highest BCUT2D eigenvalue weighted by Crippen LogP contribution is 2.25. The SMILES string of the molecule is C/C(=C\C1CC=C(c2ccccc2C)N1)SC(=S)NC=S. The third kappa shape index (κ3) is 4.66. The van der Waals surface area contributed by atoms with Crippen molar-refractivity contribution in [3.05, 3.63) is 52.4 Å². The number of benzene rings is 1. The van der Waals surface area contributed by atoms with E-state index in [0.29, 0.717) is 10.4 Å². The molecule has 0 bridgehead atoms. The number of nitrogens with one attached hydrogen (secondary N) is 2. The van der Waals surface area contributed by atoms with Gasteiger partial charge in [0, 0.05) is 17.3 Å². The first-order chi connectivity index (χ1) is 10.1. The van der Waals surface area contributed by atoms with E-state index < -0.39 is 0 Å². The molecule has 0 spiro atoms. The van der Waals surface area contributed by atoms with Crippen molar-refractivity contribution >= 4 is 51.7 Å². The molecule has 5 heteroatoms. The lowest BCUT2D eigenvalue weighted by Gasteiger charge is -2.13. The molecule has 0 radical (unpaired) electrons. The molecule has 0 saturated heterocycles. The first kappa shape index (κ1) is 16.2. The van der Waals surface area contributed by atoms with Crippen LogP contribution in [-0.2, 0) is 0 Å². The molecule has 1 atom stereocenters. The Morgan fingerprint density at radius 3 is 2.90 bits per heavy atom. The van der Waals surface area contributed by atoms with Crippen molar-refractivity contribution in [2.45, 2.75) is 26.3 Å². The summed E-state index contributed by atoms with van der Waals surface area (Å²) < 4.78 is 0.684. The molecule has 1 aliphatic rings. The Kier molecular flexibility index (Phi) is 5.96. The second kappa shape index (κ2) is 7.73. The molecule has 110 valence electrons. The summed E-state index contributed by atoms with van der Waals surface area (Å²) in [6.45, 7) is 4.20. The van der Waals surface area contributed by atoms with Gasteiger partial charge in [0.1, 0.15) is 4.32 Å². The lowest BCUT2D eigenvalue weighted by atomic mass is 10.1. The maximum atomic E-state index is 5.17. The van der Waals surface area contributed by atoms with Gasteiger partial charge in [-0.15, -0.1) is 0 Å². The minimum Gasteiger partial charge on any atom is -0.378 e. The van der Waals surface area contributed by atoms with Gasteiger partial charge in [-0.2, -0.15) is 0 Å². The quantitative estimate of drug-likeness (QED) is 0.805. The summed E-state index contributed by atoms with van der Waals surface area (Å²) in [4.78, 5) is 1.17. The van der Waals surface area contributed by atoms with Gasteiger partial charge >= 0.3 is 0 Å². The smallest absolute Gasteiger partial charge is 0.142 e. The summed E-state index contributed by atoms with van der Waals surface area (Å²) in [6.07, 6.45) is 5.47. The predicted molar refractivity (Wildman–Crippen MR) is 101 cm³/mol. The Morgan fingerprint density at radius 1 is 1.43 bits per heavy atom. The Bertz CT molecular complexity index is 605. The molecular formula is C16H18N2S3. The van der Waals surface area contributed by atoms with E-state index in [2.05, 4.69) is 60.9 Å². The predicted octanol–water partition coefficient (Wildman–Crippen LogP) is 4.17. The van der Waals surface area contributed by atoms with Gasteiger partial charge in [0.25, 0.3) is 0 Å². The highest BCUT2D eigenvalue weighted by atomic mass is 32.2. The molecular weight excluding hydrogens is 316 g/mol. The average Bonchev–Trinajstić information content (AvgIpc) is 2.87. The van der Waals surface area contributed by atoms with E-state index in [0.717, 1.165) is 6.42 Å². The number of thiocarbonyl (C=S) groups is 2. The molecule has 21 heavy (non-hydrogen) atoms. The number of thioether (sulfide) groups is 1. The van der Waals surface area contributed by atoms with Gasteiger partial charge in [0.2, 0.25) is 0 Å². The molecule has 1 aromatic carbocycles. The summed E-state index contributed by atoms with van der Waals surface area (Å²) >= 11 is 11.4. The van der Waals surface area contributed by atoms with E-state index in [-0.39, 0.29) is 0 Å². The number of hydrogen-bond donors (Lipinski definition) is 2. The van der Waals surface area contributed by atoms with Crippen LogP contribution in [0.3, 0.4) is 0 Å². The summed E-state index contributed by atoms with van der Waals surface area (Å²) in [6, 6.07) is 8.75. The standard InChI is InChI=1S/C16H18N2S3/c1-11-5-3-4-6-14(11)15-8-7-13(18-15)9-12(2)21-16(20)17-10-19/h3-6,8-10,13,18H,7H2,1-2H3,(H,17,19,20)/b12-9+. The van der Waals surface area contributed by atoms with Crippen LogP contribution in [-0.4, -0.2) is 15.9 Å². The summed E-state index contributed by atoms with van der Waals surface area (Å²) in [7, 11) is 0. The van der Waals surface area contributed by atoms with Crippen LogP contribution in [0.15, 0.2) is 41.3 Å². The van der Waals surface area contributed by atoms with Crippen LogP contribution >= 0.6 is 36.2 Å². The van der Waals surface area contributed by atoms with E-state index in [1.165, 1.54) is 39.0 Å². The second-order valence-electron chi connectivity index (χ2n) is 4.85. The maximum absolute atomic E-state index is 5.17. The van der Waals surface area contributed by atoms with Crippen LogP contribution in [0, 0.1) is 6.92 Å². The first-order valence-electron chi connectivity index (χ1n) is 6.73. The van der Waals surface area contributed by atoms with Crippen molar-refractivity contribution in [2.75, 3.05) is 0 Å². The van der Waals surface area contributed by atoms with Gasteiger partial charge in [0.15, 0.2) is 0 Å². The number of aryl methyl sites for hydroxylation is 1. The van der Waals surface area contributed by atoms with Gasteiger partial charge in [0.05, 0.1) is 5.49 Å². The number of allylic oxidation sites excluding steroid dienone is 1. The fourth-order valence-electron chi connectivity index (χ4n) is 2.28. The van der Waals surface area contributed by atoms with Gasteiger partial charge in [-0.3, -0.25) is 0 Å². The maximum Gasteiger partial charge on any atom is 0.142 e. The van der Waals surface area contributed by atoms with Crippen molar-refractivity contribution in [3.8, 4) is 0 Å². The zero-order chi connectivity index (χ0) is 15.2. The van der Waals surface area contributed by atoms with Crippen LogP contribution in [0.2, 0.25) is 0 Å². The minimum atomic E-state index is 0.322. The number of rotatable bonds is 4. The van der Waals surface area contributed by atoms with Crippen molar-refractivity contribution in [2.24, 2.45) is 0 Å². The largest absolute Gasteiger partial charge is 0.378 e. The van der Waals surface area contributed by atoms with E-state index in [1.807, 2.05) is 0 Å². The third-order valence-electron chi connectivity index (χ3n) is 3.22. The van der Waals surface area contributed by atoms with Crippen molar-refractivity contribution < 1.29 is 0 Å². The molecule has 1 heterocycles. The zero-order valence-electron chi connectivity index (χ0n) is 12.1. The van der Waals surface area contributed by atoms with Crippen LogP contribution in [0.25, 0.3) is 5.70 Å². The normalized spacial score (nSPS) is 17.9. The molecule has 0 amide bonds. The van der Waals surface area contributed by atoms with Crippen molar-refractivity contribution in [1.82, 2.24) is 10.6 Å². The minimum absolute atomic E-state index is 0.322. The Balaban J connectivity index is 1.97. The van der Waals surface area contributed by atoms with Crippen LogP contribution in [0.1, 0.15) is 24.5 Å². The van der Waals surface area contributed by atoms with Gasteiger partial charge in [-0.25, -0.2) is 0 Å². The van der Waals surface area contributed by atoms with Crippen LogP contribution < -0.4 is 10.6 Å². The first-order valence-corrected chi connectivity index (χ1v) is 8.43. The molecule has 0 fully saturated rings. The van der Waals surface area contributed by atoms with Gasteiger partial charge < -0.3 is 10.6 Å². The molecule has 0 saturated carbocycles. The van der Waals surface area contributed by atoms with Crippen LogP contribution in [0.4, 0.5) is 0 Å². The molecule has 0 aromatic heterocycles. The lowest BCUT2D eigenvalue weighted by Crippen LogP contribution is -2.20. The lowest BCUT2D eigenvalue weighted by molar-refractivity contribution is 0.766. The van der Waals surface area contributed by atoms with Gasteiger partial charge in [-0.05, 0) is 30.7 Å². The molecule has 1 aliphatic heterocycles. The Hall–Kier alpha value is -1.17. The summed E-state index contributed by atoms with van der Waals surface area (Å²) in [5.74, 6) is 0. The van der Waals surface area contributed by atoms with E-state index in [9.17, 15) is 0 Å². The average molecular weight is 335 g/mol. The van der Waals surface area contributed by atoms with Gasteiger partial charge in [-0.1, -0.05) is 72.6 Å². The molecule has 1 aromatic rings. The molecule has 2 rings (SSSR count). The van der Waals surface area contributed by atoms with E-state index >= 15 is 0 Å². The number of hydrogen-bond acceptors (Lipinski definition) is 4. The Morgan fingerprint density at radius 2 is 2.19 bits per heavy atom. The third-order valence-corrected chi connectivity index (χ3v) is 4.47. The fraction of sp³-hybridized carbons (Fsp3) is 0.250. The topological polar surface area (TPSA) is 24.1 Å². The molecule has 2 N–H and O–H groups in total. The highest BCUT2D eigenvalue weighted by molar-refractivity contribution is 8.25. The highest BCUT2D eigenvalue weighted by Gasteiger charge is 2.16. The van der Waals surface area contributed by atoms with Crippen molar-refractivity contribution in [1.29, 1.82) is 0 Å². The fourth-order valence-corrected chi connectivity index (χ4v) is 3.64. The van der Waals surface area contributed by atoms with Crippen molar-refractivity contribution in [3.63, 3.8) is 0 Å². The monoisotopic (exact) mass is 334 g/mol. The van der Waals surface area contributed by atoms with Crippen LogP contribution in [0.5, 0.6) is 0 Å². The molecule has 1 unspecified atom stereocenters. The van der Waals surface area contributed by atoms with E-state index in [4.69, 9.17) is 24.4 Å². The zero-order valence-corrected chi connectivity index (χ0v) is 14.5.